The zero-order chi connectivity index (χ0) is 13.7. The van der Waals surface area contributed by atoms with E-state index in [4.69, 9.17) is 0 Å². The molecule has 0 saturated carbocycles. The van der Waals surface area contributed by atoms with E-state index in [1.165, 1.54) is 31.4 Å². The van der Waals surface area contributed by atoms with Crippen LogP contribution >= 0.6 is 0 Å². The summed E-state index contributed by atoms with van der Waals surface area (Å²) in [6.07, 6.45) is 4.05. The first kappa shape index (κ1) is 14.5. The van der Waals surface area contributed by atoms with Gasteiger partial charge >= 0.3 is 0 Å². The highest BCUT2D eigenvalue weighted by Crippen LogP contribution is 2.33. The number of benzene rings is 1. The molecule has 2 unspecified atom stereocenters. The summed E-state index contributed by atoms with van der Waals surface area (Å²) in [5, 5.41) is 3.37. The zero-order valence-corrected chi connectivity index (χ0v) is 12.6. The van der Waals surface area contributed by atoms with Gasteiger partial charge in [-0.2, -0.15) is 0 Å². The molecule has 19 heavy (non-hydrogen) atoms. The number of hydrogen-bond donors (Lipinski definition) is 1. The van der Waals surface area contributed by atoms with Gasteiger partial charge in [0.1, 0.15) is 0 Å². The predicted octanol–water partition coefficient (Wildman–Crippen LogP) is 3.46. The van der Waals surface area contributed by atoms with Gasteiger partial charge in [-0.15, -0.1) is 0 Å². The molecule has 1 N–H and O–H groups in total. The Morgan fingerprint density at radius 3 is 2.58 bits per heavy atom. The van der Waals surface area contributed by atoms with Crippen molar-refractivity contribution in [3.8, 4) is 0 Å². The topological polar surface area (TPSA) is 15.3 Å². The van der Waals surface area contributed by atoms with Crippen molar-refractivity contribution in [2.75, 3.05) is 20.1 Å². The first-order valence-electron chi connectivity index (χ1n) is 7.69. The number of hydrogen-bond acceptors (Lipinski definition) is 2. The maximum Gasteiger partial charge on any atom is 0.0374 e. The van der Waals surface area contributed by atoms with Gasteiger partial charge in [0.15, 0.2) is 0 Å². The number of rotatable bonds is 5. The number of piperidine rings is 1. The van der Waals surface area contributed by atoms with Gasteiger partial charge in [0.25, 0.3) is 0 Å². The van der Waals surface area contributed by atoms with E-state index >= 15 is 0 Å². The molecule has 1 aromatic rings. The molecule has 1 aliphatic rings. The number of nitrogens with zero attached hydrogens (tertiary/aromatic N) is 1. The first-order valence-corrected chi connectivity index (χ1v) is 7.69. The Balaban J connectivity index is 2.22. The summed E-state index contributed by atoms with van der Waals surface area (Å²) < 4.78 is 0. The third-order valence-electron chi connectivity index (χ3n) is 4.24. The Morgan fingerprint density at radius 1 is 1.21 bits per heavy atom. The Morgan fingerprint density at radius 2 is 1.95 bits per heavy atom. The quantitative estimate of drug-likeness (QED) is 0.872. The molecular formula is C17H28N2. The van der Waals surface area contributed by atoms with E-state index in [1.54, 1.807) is 0 Å². The average molecular weight is 260 g/mol. The van der Waals surface area contributed by atoms with Crippen LogP contribution in [-0.4, -0.2) is 31.1 Å². The number of likely N-dealkylation sites (N-methyl/N-ethyl adjacent to an activating group) is 1. The fourth-order valence-corrected chi connectivity index (χ4v) is 3.45. The van der Waals surface area contributed by atoms with Crippen molar-refractivity contribution < 1.29 is 0 Å². The lowest BCUT2D eigenvalue weighted by Gasteiger charge is -2.43. The molecule has 2 nitrogen and oxygen atoms in total. The van der Waals surface area contributed by atoms with Crippen molar-refractivity contribution in [2.45, 2.75) is 45.2 Å². The van der Waals surface area contributed by atoms with Crippen LogP contribution in [0, 0.1) is 5.92 Å². The lowest BCUT2D eigenvalue weighted by molar-refractivity contribution is 0.0691. The summed E-state index contributed by atoms with van der Waals surface area (Å²) in [5.41, 5.74) is 1.47. The second-order valence-corrected chi connectivity index (χ2v) is 6.04. The van der Waals surface area contributed by atoms with Gasteiger partial charge in [0.05, 0.1) is 0 Å². The second-order valence-electron chi connectivity index (χ2n) is 6.04. The van der Waals surface area contributed by atoms with E-state index in [1.807, 2.05) is 0 Å². The van der Waals surface area contributed by atoms with Crippen molar-refractivity contribution in [3.05, 3.63) is 35.9 Å². The van der Waals surface area contributed by atoms with Crippen LogP contribution in [0.3, 0.4) is 0 Å². The lowest BCUT2D eigenvalue weighted by atomic mass is 9.90. The molecule has 1 heterocycles. The molecule has 0 radical (unpaired) electrons. The Labute approximate surface area is 118 Å². The molecule has 1 fully saturated rings. The van der Waals surface area contributed by atoms with Crippen LogP contribution < -0.4 is 5.32 Å². The van der Waals surface area contributed by atoms with E-state index in [0.29, 0.717) is 18.0 Å². The SMILES string of the molecule is CNCC1CCCCN1C(c1ccccc1)C(C)C. The van der Waals surface area contributed by atoms with Crippen LogP contribution in [0.4, 0.5) is 0 Å². The van der Waals surface area contributed by atoms with Crippen LogP contribution in [0.5, 0.6) is 0 Å². The van der Waals surface area contributed by atoms with Crippen molar-refractivity contribution in [1.29, 1.82) is 0 Å². The minimum atomic E-state index is 0.555. The van der Waals surface area contributed by atoms with Crippen molar-refractivity contribution in [2.24, 2.45) is 5.92 Å². The molecule has 0 bridgehead atoms. The van der Waals surface area contributed by atoms with Crippen LogP contribution in [0.25, 0.3) is 0 Å². The van der Waals surface area contributed by atoms with Gasteiger partial charge in [-0.25, -0.2) is 0 Å². The van der Waals surface area contributed by atoms with Gasteiger partial charge in [0, 0.05) is 18.6 Å². The standard InChI is InChI=1S/C17H28N2/c1-14(2)17(15-9-5-4-6-10-15)19-12-8-7-11-16(19)13-18-3/h4-6,9-10,14,16-18H,7-8,11-13H2,1-3H3. The third kappa shape index (κ3) is 3.58. The number of likely N-dealkylation sites (tertiary alicyclic amines) is 1. The highest BCUT2D eigenvalue weighted by atomic mass is 15.2. The monoisotopic (exact) mass is 260 g/mol. The molecule has 0 aromatic heterocycles. The maximum absolute atomic E-state index is 3.37. The van der Waals surface area contributed by atoms with Gasteiger partial charge in [-0.1, -0.05) is 50.6 Å². The molecular weight excluding hydrogens is 232 g/mol. The highest BCUT2D eigenvalue weighted by Gasteiger charge is 2.30. The highest BCUT2D eigenvalue weighted by molar-refractivity contribution is 5.20. The Hall–Kier alpha value is -0.860. The Kier molecular flexibility index (Phi) is 5.41. The van der Waals surface area contributed by atoms with Crippen molar-refractivity contribution >= 4 is 0 Å². The molecule has 2 rings (SSSR count). The largest absolute Gasteiger partial charge is 0.318 e. The summed E-state index contributed by atoms with van der Waals surface area (Å²) in [5.74, 6) is 0.653. The normalized spacial score (nSPS) is 22.6. The smallest absolute Gasteiger partial charge is 0.0374 e. The van der Waals surface area contributed by atoms with Gasteiger partial charge in [-0.3, -0.25) is 4.90 Å². The molecule has 2 heteroatoms. The summed E-state index contributed by atoms with van der Waals surface area (Å²) in [6, 6.07) is 12.3. The molecule has 0 aliphatic carbocycles. The zero-order valence-electron chi connectivity index (χ0n) is 12.6. The van der Waals surface area contributed by atoms with Crippen molar-refractivity contribution in [3.63, 3.8) is 0 Å². The second kappa shape index (κ2) is 7.06. The van der Waals surface area contributed by atoms with Crippen LogP contribution in [0.2, 0.25) is 0 Å². The maximum atomic E-state index is 3.37. The minimum absolute atomic E-state index is 0.555. The molecule has 0 spiro atoms. The molecule has 1 aromatic carbocycles. The van der Waals surface area contributed by atoms with E-state index in [0.717, 1.165) is 6.54 Å². The summed E-state index contributed by atoms with van der Waals surface area (Å²) in [4.78, 5) is 2.74. The molecule has 1 saturated heterocycles. The van der Waals surface area contributed by atoms with E-state index in [-0.39, 0.29) is 0 Å². The van der Waals surface area contributed by atoms with E-state index in [9.17, 15) is 0 Å². The molecule has 1 aliphatic heterocycles. The van der Waals surface area contributed by atoms with E-state index < -0.39 is 0 Å². The lowest BCUT2D eigenvalue weighted by Crippen LogP contribution is -2.47. The Bertz CT molecular complexity index is 359. The summed E-state index contributed by atoms with van der Waals surface area (Å²) in [7, 11) is 2.07. The minimum Gasteiger partial charge on any atom is -0.318 e. The fraction of sp³-hybridized carbons (Fsp3) is 0.647. The first-order chi connectivity index (χ1) is 9.24. The fourth-order valence-electron chi connectivity index (χ4n) is 3.45. The van der Waals surface area contributed by atoms with Gasteiger partial charge in [0.2, 0.25) is 0 Å². The van der Waals surface area contributed by atoms with Crippen LogP contribution in [-0.2, 0) is 0 Å². The molecule has 106 valence electrons. The third-order valence-corrected chi connectivity index (χ3v) is 4.24. The summed E-state index contributed by atoms with van der Waals surface area (Å²) >= 11 is 0. The van der Waals surface area contributed by atoms with Crippen molar-refractivity contribution in [1.82, 2.24) is 10.2 Å². The summed E-state index contributed by atoms with van der Waals surface area (Å²) in [6.45, 7) is 7.05. The van der Waals surface area contributed by atoms with Gasteiger partial charge < -0.3 is 5.32 Å². The van der Waals surface area contributed by atoms with Crippen LogP contribution in [0.15, 0.2) is 30.3 Å². The van der Waals surface area contributed by atoms with E-state index in [2.05, 4.69) is 61.4 Å². The molecule has 0 amide bonds. The number of nitrogens with one attached hydrogen (secondary N) is 1. The van der Waals surface area contributed by atoms with Gasteiger partial charge in [-0.05, 0) is 37.9 Å². The average Bonchev–Trinajstić information content (AvgIpc) is 2.42. The van der Waals surface area contributed by atoms with Crippen LogP contribution in [0.1, 0.15) is 44.7 Å². The molecule has 2 atom stereocenters. The predicted molar refractivity (Wildman–Crippen MR) is 82.3 cm³/mol.